The van der Waals surface area contributed by atoms with Gasteiger partial charge in [-0.2, -0.15) is 0 Å². The van der Waals surface area contributed by atoms with Crippen molar-refractivity contribution < 1.29 is 4.79 Å². The molecule has 1 spiro atoms. The Kier molecular flexibility index (Phi) is 2.73. The minimum absolute atomic E-state index is 0.0750. The van der Waals surface area contributed by atoms with Crippen LogP contribution in [0, 0.1) is 6.92 Å². The van der Waals surface area contributed by atoms with Crippen molar-refractivity contribution in [2.24, 2.45) is 0 Å². The first-order valence-corrected chi connectivity index (χ1v) is 6.72. The van der Waals surface area contributed by atoms with Crippen LogP contribution in [0.5, 0.6) is 0 Å². The summed E-state index contributed by atoms with van der Waals surface area (Å²) < 4.78 is 0. The molecule has 0 atom stereocenters. The Hall–Kier alpha value is -1.58. The zero-order valence-electron chi connectivity index (χ0n) is 10.8. The van der Waals surface area contributed by atoms with Crippen LogP contribution < -0.4 is 10.6 Å². The number of carbonyl (C=O) groups is 1. The summed E-state index contributed by atoms with van der Waals surface area (Å²) in [7, 11) is 0. The van der Waals surface area contributed by atoms with Gasteiger partial charge >= 0.3 is 0 Å². The van der Waals surface area contributed by atoms with Gasteiger partial charge in [-0.15, -0.1) is 0 Å². The molecule has 96 valence electrons. The Morgan fingerprint density at radius 1 is 1.28 bits per heavy atom. The predicted molar refractivity (Wildman–Crippen MR) is 71.7 cm³/mol. The van der Waals surface area contributed by atoms with Crippen LogP contribution in [0.25, 0.3) is 0 Å². The molecular weight excluding hydrogens is 226 g/mol. The van der Waals surface area contributed by atoms with Crippen LogP contribution in [0.3, 0.4) is 0 Å². The first-order chi connectivity index (χ1) is 8.69. The third kappa shape index (κ3) is 1.96. The molecule has 0 unspecified atom stereocenters. The quantitative estimate of drug-likeness (QED) is 0.739. The van der Waals surface area contributed by atoms with Crippen molar-refractivity contribution in [2.45, 2.75) is 51.0 Å². The van der Waals surface area contributed by atoms with Crippen LogP contribution >= 0.6 is 0 Å². The van der Waals surface area contributed by atoms with Crippen LogP contribution in [-0.2, 0) is 4.79 Å². The molecule has 4 nitrogen and oxygen atoms in total. The number of hydrogen-bond donors (Lipinski definition) is 2. The zero-order chi connectivity index (χ0) is 12.6. The Labute approximate surface area is 107 Å². The molecule has 1 aliphatic carbocycles. The molecule has 1 fully saturated rings. The minimum atomic E-state index is -0.0750. The third-order valence-electron chi connectivity index (χ3n) is 4.12. The summed E-state index contributed by atoms with van der Waals surface area (Å²) in [5, 5.41) is 6.55. The van der Waals surface area contributed by atoms with Crippen molar-refractivity contribution in [3.8, 4) is 0 Å². The molecule has 4 heteroatoms. The van der Waals surface area contributed by atoms with E-state index in [1.54, 1.807) is 6.20 Å². The van der Waals surface area contributed by atoms with Crippen molar-refractivity contribution >= 4 is 17.4 Å². The highest BCUT2D eigenvalue weighted by Gasteiger charge is 2.37. The van der Waals surface area contributed by atoms with Crippen molar-refractivity contribution in [1.82, 2.24) is 4.98 Å². The van der Waals surface area contributed by atoms with E-state index in [0.29, 0.717) is 6.42 Å². The van der Waals surface area contributed by atoms with Crippen molar-refractivity contribution in [1.29, 1.82) is 0 Å². The normalized spacial score (nSPS) is 21.7. The number of amides is 1. The fourth-order valence-corrected chi connectivity index (χ4v) is 3.13. The number of pyridine rings is 1. The maximum absolute atomic E-state index is 12.1. The Balaban J connectivity index is 2.00. The molecule has 1 aromatic rings. The predicted octanol–water partition coefficient (Wildman–Crippen LogP) is 2.85. The average Bonchev–Trinajstić information content (AvgIpc) is 2.47. The van der Waals surface area contributed by atoms with Gasteiger partial charge in [-0.3, -0.25) is 4.79 Å². The van der Waals surface area contributed by atoms with Crippen LogP contribution in [0.15, 0.2) is 12.3 Å². The summed E-state index contributed by atoms with van der Waals surface area (Å²) in [6.45, 7) is 2.00. The number of hydrogen-bond acceptors (Lipinski definition) is 3. The lowest BCUT2D eigenvalue weighted by atomic mass is 9.79. The topological polar surface area (TPSA) is 54.0 Å². The van der Waals surface area contributed by atoms with Gasteiger partial charge in [0.2, 0.25) is 5.91 Å². The van der Waals surface area contributed by atoms with Crippen molar-refractivity contribution in [3.05, 3.63) is 17.8 Å². The van der Waals surface area contributed by atoms with Gasteiger partial charge in [0.05, 0.1) is 5.69 Å². The molecule has 0 aromatic carbocycles. The van der Waals surface area contributed by atoms with E-state index in [4.69, 9.17) is 0 Å². The molecule has 1 amide bonds. The van der Waals surface area contributed by atoms with Crippen LogP contribution in [0.1, 0.15) is 44.1 Å². The van der Waals surface area contributed by atoms with Gasteiger partial charge in [-0.1, -0.05) is 19.3 Å². The number of nitrogens with zero attached hydrogens (tertiary/aromatic N) is 1. The molecule has 0 radical (unpaired) electrons. The van der Waals surface area contributed by atoms with E-state index in [2.05, 4.69) is 15.6 Å². The van der Waals surface area contributed by atoms with Gasteiger partial charge in [-0.05, 0) is 31.4 Å². The van der Waals surface area contributed by atoms with E-state index < -0.39 is 0 Å². The molecule has 2 aliphatic rings. The van der Waals surface area contributed by atoms with Crippen LogP contribution in [0.4, 0.5) is 11.5 Å². The maximum Gasteiger partial charge on any atom is 0.226 e. The Morgan fingerprint density at radius 2 is 2.06 bits per heavy atom. The summed E-state index contributed by atoms with van der Waals surface area (Å²) in [5.74, 6) is 0.946. The Morgan fingerprint density at radius 3 is 2.83 bits per heavy atom. The summed E-state index contributed by atoms with van der Waals surface area (Å²) in [6, 6.07) is 1.93. The molecule has 3 rings (SSSR count). The van der Waals surface area contributed by atoms with E-state index >= 15 is 0 Å². The lowest BCUT2D eigenvalue weighted by molar-refractivity contribution is -0.117. The second-order valence-electron chi connectivity index (χ2n) is 5.54. The average molecular weight is 245 g/mol. The summed E-state index contributed by atoms with van der Waals surface area (Å²) in [4.78, 5) is 16.5. The highest BCUT2D eigenvalue weighted by atomic mass is 16.1. The second kappa shape index (κ2) is 4.26. The number of aromatic nitrogens is 1. The fourth-order valence-electron chi connectivity index (χ4n) is 3.13. The van der Waals surface area contributed by atoms with Gasteiger partial charge < -0.3 is 10.6 Å². The number of fused-ring (bicyclic) bond motifs is 1. The van der Waals surface area contributed by atoms with Crippen molar-refractivity contribution in [2.75, 3.05) is 10.6 Å². The van der Waals surface area contributed by atoms with Gasteiger partial charge in [0.25, 0.3) is 0 Å². The van der Waals surface area contributed by atoms with Crippen LogP contribution in [0.2, 0.25) is 0 Å². The summed E-state index contributed by atoms with van der Waals surface area (Å²) in [5.41, 5.74) is 1.84. The molecule has 0 bridgehead atoms. The minimum Gasteiger partial charge on any atom is -0.362 e. The molecule has 1 aromatic heterocycles. The second-order valence-corrected chi connectivity index (χ2v) is 5.54. The van der Waals surface area contributed by atoms with Gasteiger partial charge in [-0.25, -0.2) is 4.98 Å². The molecule has 1 saturated carbocycles. The van der Waals surface area contributed by atoms with Gasteiger partial charge in [0, 0.05) is 18.2 Å². The van der Waals surface area contributed by atoms with Crippen LogP contribution in [-0.4, -0.2) is 16.4 Å². The lowest BCUT2D eigenvalue weighted by Gasteiger charge is -2.36. The summed E-state index contributed by atoms with van der Waals surface area (Å²) >= 11 is 0. The lowest BCUT2D eigenvalue weighted by Crippen LogP contribution is -2.41. The number of carbonyl (C=O) groups excluding carboxylic acids is 1. The maximum atomic E-state index is 12.1. The van der Waals surface area contributed by atoms with Crippen molar-refractivity contribution in [3.63, 3.8) is 0 Å². The van der Waals surface area contributed by atoms with Gasteiger partial charge in [0.1, 0.15) is 0 Å². The number of nitrogens with one attached hydrogen (secondary N) is 2. The smallest absolute Gasteiger partial charge is 0.226 e. The third-order valence-corrected chi connectivity index (χ3v) is 4.12. The van der Waals surface area contributed by atoms with E-state index in [1.807, 2.05) is 13.0 Å². The highest BCUT2D eigenvalue weighted by Crippen LogP contribution is 2.38. The van der Waals surface area contributed by atoms with E-state index in [1.165, 1.54) is 19.3 Å². The number of anilines is 2. The monoisotopic (exact) mass is 245 g/mol. The number of aryl methyl sites for hydroxylation is 1. The zero-order valence-corrected chi connectivity index (χ0v) is 10.8. The molecular formula is C14H19N3O. The fraction of sp³-hybridized carbons (Fsp3) is 0.571. The molecule has 2 heterocycles. The molecule has 18 heavy (non-hydrogen) atoms. The molecule has 1 aliphatic heterocycles. The van der Waals surface area contributed by atoms with E-state index in [0.717, 1.165) is 29.9 Å². The standard InChI is InChI=1S/C14H19N3O/c1-10-5-8-15-13-12(10)16-11(18)9-14(17-13)6-3-2-4-7-14/h5,8H,2-4,6-7,9H2,1H3,(H,15,17)(H,16,18). The summed E-state index contributed by atoms with van der Waals surface area (Å²) in [6.07, 6.45) is 8.16. The van der Waals surface area contributed by atoms with Gasteiger partial charge in [0.15, 0.2) is 5.82 Å². The highest BCUT2D eigenvalue weighted by molar-refractivity contribution is 5.97. The van der Waals surface area contributed by atoms with E-state index in [-0.39, 0.29) is 11.4 Å². The largest absolute Gasteiger partial charge is 0.362 e. The number of rotatable bonds is 0. The first kappa shape index (κ1) is 11.5. The molecule has 2 N–H and O–H groups in total. The first-order valence-electron chi connectivity index (χ1n) is 6.72. The Bertz CT molecular complexity index is 478. The van der Waals surface area contributed by atoms with E-state index in [9.17, 15) is 4.79 Å². The molecule has 0 saturated heterocycles. The SMILES string of the molecule is Cc1ccnc2c1NC(=O)CC1(CCCCC1)N2.